The molecule has 0 aromatic rings. The summed E-state index contributed by atoms with van der Waals surface area (Å²) in [7, 11) is 0. The van der Waals surface area contributed by atoms with E-state index in [4.69, 9.17) is 16.9 Å². The predicted molar refractivity (Wildman–Crippen MR) is 44.2 cm³/mol. The third kappa shape index (κ3) is 0.973. The highest BCUT2D eigenvalue weighted by atomic mass is 35.5. The van der Waals surface area contributed by atoms with Crippen LogP contribution in [0.25, 0.3) is 0 Å². The van der Waals surface area contributed by atoms with Gasteiger partial charge in [0.05, 0.1) is 6.07 Å². The number of nitrogens with zero attached hydrogens (tertiary/aromatic N) is 1. The third-order valence-electron chi connectivity index (χ3n) is 2.80. The van der Waals surface area contributed by atoms with Gasteiger partial charge in [-0.3, -0.25) is 0 Å². The van der Waals surface area contributed by atoms with Crippen LogP contribution in [-0.2, 0) is 0 Å². The normalized spacial score (nSPS) is 47.3. The van der Waals surface area contributed by atoms with Crippen LogP contribution in [-0.4, -0.2) is 4.87 Å². The van der Waals surface area contributed by atoms with Crippen LogP contribution in [0.4, 0.5) is 0 Å². The maximum atomic E-state index is 8.86. The van der Waals surface area contributed by atoms with E-state index in [-0.39, 0.29) is 0 Å². The molecular formula is C9H10ClN. The van der Waals surface area contributed by atoms with E-state index in [1.54, 1.807) is 0 Å². The number of rotatable bonds is 0. The van der Waals surface area contributed by atoms with Crippen molar-refractivity contribution in [3.8, 4) is 6.07 Å². The van der Waals surface area contributed by atoms with Gasteiger partial charge in [0.1, 0.15) is 4.87 Å². The summed E-state index contributed by atoms with van der Waals surface area (Å²) >= 11 is 6.14. The Morgan fingerprint density at radius 1 is 1.45 bits per heavy atom. The van der Waals surface area contributed by atoms with Gasteiger partial charge in [0.25, 0.3) is 0 Å². The zero-order valence-corrected chi connectivity index (χ0v) is 7.01. The molecule has 1 nitrogen and oxygen atoms in total. The highest BCUT2D eigenvalue weighted by molar-refractivity contribution is 6.26. The van der Waals surface area contributed by atoms with Gasteiger partial charge in [0.15, 0.2) is 0 Å². The number of halogens is 1. The van der Waals surface area contributed by atoms with Gasteiger partial charge in [-0.25, -0.2) is 0 Å². The monoisotopic (exact) mass is 167 g/mol. The lowest BCUT2D eigenvalue weighted by molar-refractivity contribution is 0.290. The molecule has 11 heavy (non-hydrogen) atoms. The number of nitriles is 1. The summed E-state index contributed by atoms with van der Waals surface area (Å²) in [6.45, 7) is 0. The standard InChI is InChI=1S/C9H10ClN/c10-9(6-11)5-7-1-3-8(9)4-2-7/h1,3,7-8H,2,4-5H2/t7-,8+,9?/m1/s1. The van der Waals surface area contributed by atoms with Crippen molar-refractivity contribution in [3.05, 3.63) is 12.2 Å². The van der Waals surface area contributed by atoms with E-state index in [9.17, 15) is 0 Å². The van der Waals surface area contributed by atoms with Crippen molar-refractivity contribution < 1.29 is 0 Å². The summed E-state index contributed by atoms with van der Waals surface area (Å²) in [6.07, 6.45) is 7.50. The molecule has 0 heterocycles. The molecule has 0 aliphatic heterocycles. The van der Waals surface area contributed by atoms with E-state index in [1.165, 1.54) is 6.42 Å². The molecule has 2 bridgehead atoms. The lowest BCUT2D eigenvalue weighted by atomic mass is 9.69. The molecule has 3 rings (SSSR count). The van der Waals surface area contributed by atoms with Gasteiger partial charge in [-0.2, -0.15) is 5.26 Å². The van der Waals surface area contributed by atoms with E-state index >= 15 is 0 Å². The lowest BCUT2D eigenvalue weighted by Gasteiger charge is -2.39. The Kier molecular flexibility index (Phi) is 1.47. The van der Waals surface area contributed by atoms with Crippen molar-refractivity contribution >= 4 is 11.6 Å². The topological polar surface area (TPSA) is 23.8 Å². The molecule has 0 spiro atoms. The van der Waals surface area contributed by atoms with Crippen LogP contribution in [0.1, 0.15) is 19.3 Å². The first kappa shape index (κ1) is 7.18. The summed E-state index contributed by atoms with van der Waals surface area (Å²) in [5, 5.41) is 8.86. The zero-order chi connectivity index (χ0) is 7.90. The average Bonchev–Trinajstić information content (AvgIpc) is 2.06. The number of allylic oxidation sites excluding steroid dienone is 2. The SMILES string of the molecule is N#CC1(Cl)C[C@@H]2C=C[C@H]1CC2. The smallest absolute Gasteiger partial charge is 0.137 e. The molecule has 3 aliphatic rings. The Bertz CT molecular complexity index is 240. The molecule has 0 saturated heterocycles. The van der Waals surface area contributed by atoms with Crippen molar-refractivity contribution in [2.24, 2.45) is 11.8 Å². The van der Waals surface area contributed by atoms with E-state index in [1.807, 2.05) is 0 Å². The molecule has 3 atom stereocenters. The molecule has 0 amide bonds. The summed E-state index contributed by atoms with van der Waals surface area (Å²) in [5.74, 6) is 0.872. The lowest BCUT2D eigenvalue weighted by Crippen LogP contribution is -2.39. The Balaban J connectivity index is 2.32. The Morgan fingerprint density at radius 2 is 2.27 bits per heavy atom. The summed E-state index contributed by atoms with van der Waals surface area (Å²) in [4.78, 5) is -0.572. The minimum absolute atomic E-state index is 0.305. The van der Waals surface area contributed by atoms with E-state index in [0.717, 1.165) is 12.8 Å². The fraction of sp³-hybridized carbons (Fsp3) is 0.667. The van der Waals surface area contributed by atoms with Crippen LogP contribution in [0.3, 0.4) is 0 Å². The molecule has 58 valence electrons. The first-order valence-corrected chi connectivity index (χ1v) is 4.41. The van der Waals surface area contributed by atoms with E-state index in [2.05, 4.69) is 18.2 Å². The second-order valence-electron chi connectivity index (χ2n) is 3.51. The second-order valence-corrected chi connectivity index (χ2v) is 4.18. The minimum Gasteiger partial charge on any atom is -0.196 e. The quantitative estimate of drug-likeness (QED) is 0.402. The van der Waals surface area contributed by atoms with Crippen LogP contribution in [0.15, 0.2) is 12.2 Å². The van der Waals surface area contributed by atoms with Crippen molar-refractivity contribution in [2.75, 3.05) is 0 Å². The van der Waals surface area contributed by atoms with Gasteiger partial charge in [-0.05, 0) is 25.2 Å². The molecule has 0 N–H and O–H groups in total. The van der Waals surface area contributed by atoms with E-state index < -0.39 is 4.87 Å². The van der Waals surface area contributed by atoms with Crippen molar-refractivity contribution in [3.63, 3.8) is 0 Å². The first-order chi connectivity index (χ1) is 5.24. The molecular weight excluding hydrogens is 158 g/mol. The van der Waals surface area contributed by atoms with Crippen LogP contribution in [0, 0.1) is 23.2 Å². The van der Waals surface area contributed by atoms with Crippen LogP contribution in [0.5, 0.6) is 0 Å². The highest BCUT2D eigenvalue weighted by Gasteiger charge is 2.43. The highest BCUT2D eigenvalue weighted by Crippen LogP contribution is 2.46. The molecule has 0 radical (unpaired) electrons. The van der Waals surface area contributed by atoms with E-state index in [0.29, 0.717) is 11.8 Å². The maximum Gasteiger partial charge on any atom is 0.137 e. The van der Waals surface area contributed by atoms with Crippen LogP contribution >= 0.6 is 11.6 Å². The molecule has 0 aromatic heterocycles. The van der Waals surface area contributed by atoms with Crippen molar-refractivity contribution in [1.82, 2.24) is 0 Å². The summed E-state index contributed by atoms with van der Waals surface area (Å²) < 4.78 is 0. The molecule has 3 aliphatic carbocycles. The van der Waals surface area contributed by atoms with Crippen molar-refractivity contribution in [2.45, 2.75) is 24.1 Å². The Labute approximate surface area is 71.7 Å². The number of hydrogen-bond donors (Lipinski definition) is 0. The second kappa shape index (κ2) is 2.25. The average molecular weight is 168 g/mol. The fourth-order valence-corrected chi connectivity index (χ4v) is 2.47. The molecule has 2 heteroatoms. The fourth-order valence-electron chi connectivity index (χ4n) is 2.09. The first-order valence-electron chi connectivity index (χ1n) is 4.03. The Hall–Kier alpha value is -0.480. The molecule has 1 saturated carbocycles. The van der Waals surface area contributed by atoms with Gasteiger partial charge >= 0.3 is 0 Å². The minimum atomic E-state index is -0.572. The van der Waals surface area contributed by atoms with Gasteiger partial charge in [0, 0.05) is 5.92 Å². The number of hydrogen-bond acceptors (Lipinski definition) is 1. The third-order valence-corrected chi connectivity index (χ3v) is 3.32. The molecule has 1 unspecified atom stereocenters. The van der Waals surface area contributed by atoms with Gasteiger partial charge < -0.3 is 0 Å². The summed E-state index contributed by atoms with van der Waals surface area (Å²) in [5.41, 5.74) is 0. The molecule has 1 fully saturated rings. The molecule has 0 aromatic carbocycles. The number of fused-ring (bicyclic) bond motifs is 2. The largest absolute Gasteiger partial charge is 0.196 e. The number of alkyl halides is 1. The predicted octanol–water partition coefficient (Wildman–Crippen LogP) is 2.47. The summed E-state index contributed by atoms with van der Waals surface area (Å²) in [6, 6.07) is 2.23. The van der Waals surface area contributed by atoms with Crippen LogP contribution < -0.4 is 0 Å². The van der Waals surface area contributed by atoms with Gasteiger partial charge in [-0.1, -0.05) is 12.2 Å². The van der Waals surface area contributed by atoms with Crippen molar-refractivity contribution in [1.29, 1.82) is 5.26 Å². The van der Waals surface area contributed by atoms with Gasteiger partial charge in [0.2, 0.25) is 0 Å². The maximum absolute atomic E-state index is 8.86. The van der Waals surface area contributed by atoms with Gasteiger partial charge in [-0.15, -0.1) is 11.6 Å². The zero-order valence-electron chi connectivity index (χ0n) is 6.26. The van der Waals surface area contributed by atoms with Crippen LogP contribution in [0.2, 0.25) is 0 Å². The Morgan fingerprint density at radius 3 is 2.55 bits per heavy atom.